The molecule has 0 aromatic heterocycles. The first-order valence-electron chi connectivity index (χ1n) is 18.0. The molecule has 0 bridgehead atoms. The fourth-order valence-electron chi connectivity index (χ4n) is 5.61. The molecular weight excluding hydrogens is 464 g/mol. The van der Waals surface area contributed by atoms with Crippen LogP contribution in [0.3, 0.4) is 0 Å². The van der Waals surface area contributed by atoms with Crippen LogP contribution < -0.4 is 0 Å². The topological polar surface area (TPSA) is 0 Å². The van der Waals surface area contributed by atoms with Gasteiger partial charge in [0.2, 0.25) is 0 Å². The molecule has 37 heavy (non-hydrogen) atoms. The van der Waals surface area contributed by atoms with E-state index < -0.39 is 0 Å². The molecule has 0 fully saturated rings. The second-order valence-electron chi connectivity index (χ2n) is 12.2. The van der Waals surface area contributed by atoms with Crippen molar-refractivity contribution in [2.45, 2.75) is 219 Å². The van der Waals surface area contributed by atoms with E-state index in [1.165, 1.54) is 217 Å². The number of unbranched alkanes of at least 4 members (excludes halogenated alkanes) is 30. The van der Waals surface area contributed by atoms with Crippen LogP contribution in [0.25, 0.3) is 0 Å². The largest absolute Gasteiger partial charge is 0.162 e. The third kappa shape index (κ3) is 36.4. The molecule has 0 unspecified atom stereocenters. The summed E-state index contributed by atoms with van der Waals surface area (Å²) >= 11 is 2.21. The Morgan fingerprint density at radius 2 is 0.378 bits per heavy atom. The number of rotatable bonds is 34. The van der Waals surface area contributed by atoms with E-state index in [0.717, 1.165) is 0 Å². The van der Waals surface area contributed by atoms with Crippen molar-refractivity contribution in [2.24, 2.45) is 0 Å². The molecular formula is C36H74S. The van der Waals surface area contributed by atoms with Gasteiger partial charge in [0.05, 0.1) is 0 Å². The van der Waals surface area contributed by atoms with Crippen molar-refractivity contribution in [3.8, 4) is 0 Å². The Balaban J connectivity index is 3.00. The van der Waals surface area contributed by atoms with Crippen LogP contribution in [0.1, 0.15) is 219 Å². The first-order chi connectivity index (χ1) is 18.4. The van der Waals surface area contributed by atoms with Gasteiger partial charge in [0, 0.05) is 0 Å². The van der Waals surface area contributed by atoms with Gasteiger partial charge in [-0.05, 0) is 24.3 Å². The Morgan fingerprint density at radius 3 is 0.568 bits per heavy atom. The van der Waals surface area contributed by atoms with Crippen LogP contribution >= 0.6 is 11.8 Å². The van der Waals surface area contributed by atoms with E-state index in [0.29, 0.717) is 0 Å². The average Bonchev–Trinajstić information content (AvgIpc) is 2.91. The summed E-state index contributed by atoms with van der Waals surface area (Å²) in [4.78, 5) is 0. The second-order valence-corrected chi connectivity index (χ2v) is 13.4. The van der Waals surface area contributed by atoms with Gasteiger partial charge < -0.3 is 0 Å². The lowest BCUT2D eigenvalue weighted by molar-refractivity contribution is 0.516. The van der Waals surface area contributed by atoms with Gasteiger partial charge in [0.15, 0.2) is 0 Å². The molecule has 0 N–H and O–H groups in total. The van der Waals surface area contributed by atoms with Gasteiger partial charge in [-0.3, -0.25) is 0 Å². The minimum Gasteiger partial charge on any atom is -0.162 e. The van der Waals surface area contributed by atoms with Gasteiger partial charge in [0.25, 0.3) is 0 Å². The van der Waals surface area contributed by atoms with Gasteiger partial charge in [0.1, 0.15) is 0 Å². The van der Waals surface area contributed by atoms with Gasteiger partial charge in [-0.15, -0.1) is 0 Å². The third-order valence-electron chi connectivity index (χ3n) is 8.28. The van der Waals surface area contributed by atoms with Crippen molar-refractivity contribution in [2.75, 3.05) is 11.5 Å². The second kappa shape index (κ2) is 36.4. The molecule has 0 heterocycles. The Morgan fingerprint density at radius 1 is 0.216 bits per heavy atom. The molecule has 0 atom stereocenters. The minimum atomic E-state index is 1.37. The molecule has 0 radical (unpaired) electrons. The SMILES string of the molecule is CCCCCCCCCCCCCCCCCCCCCCCCCCCCSCCCCCCCC. The molecule has 1 heteroatoms. The summed E-state index contributed by atoms with van der Waals surface area (Å²) in [6.45, 7) is 4.61. The van der Waals surface area contributed by atoms with E-state index in [-0.39, 0.29) is 0 Å². The highest BCUT2D eigenvalue weighted by atomic mass is 32.2. The Labute approximate surface area is 242 Å². The lowest BCUT2D eigenvalue weighted by atomic mass is 10.0. The quantitative estimate of drug-likeness (QED) is 0.0734. The zero-order valence-corrected chi connectivity index (χ0v) is 27.3. The fourth-order valence-corrected chi connectivity index (χ4v) is 6.63. The number of hydrogen-bond donors (Lipinski definition) is 0. The monoisotopic (exact) mass is 539 g/mol. The van der Waals surface area contributed by atoms with Crippen molar-refractivity contribution in [3.63, 3.8) is 0 Å². The predicted octanol–water partition coefficient (Wildman–Crippen LogP) is 14.2. The van der Waals surface area contributed by atoms with Crippen LogP contribution in [0.2, 0.25) is 0 Å². The summed E-state index contributed by atoms with van der Waals surface area (Å²) in [6, 6.07) is 0. The van der Waals surface area contributed by atoms with E-state index in [1.54, 1.807) is 0 Å². The van der Waals surface area contributed by atoms with Crippen molar-refractivity contribution < 1.29 is 0 Å². The zero-order valence-electron chi connectivity index (χ0n) is 26.4. The van der Waals surface area contributed by atoms with Gasteiger partial charge in [-0.25, -0.2) is 0 Å². The summed E-state index contributed by atoms with van der Waals surface area (Å²) in [5.74, 6) is 2.82. The van der Waals surface area contributed by atoms with Crippen molar-refractivity contribution in [3.05, 3.63) is 0 Å². The fraction of sp³-hybridized carbons (Fsp3) is 1.00. The van der Waals surface area contributed by atoms with E-state index in [9.17, 15) is 0 Å². The molecule has 0 aliphatic heterocycles. The van der Waals surface area contributed by atoms with Crippen molar-refractivity contribution in [1.29, 1.82) is 0 Å². The summed E-state index contributed by atoms with van der Waals surface area (Å²) in [6.07, 6.45) is 47.2. The van der Waals surface area contributed by atoms with E-state index >= 15 is 0 Å². The van der Waals surface area contributed by atoms with Crippen LogP contribution in [-0.2, 0) is 0 Å². The molecule has 0 saturated carbocycles. The van der Waals surface area contributed by atoms with E-state index in [1.807, 2.05) is 0 Å². The van der Waals surface area contributed by atoms with Crippen LogP contribution in [0, 0.1) is 0 Å². The summed E-state index contributed by atoms with van der Waals surface area (Å²) in [5.41, 5.74) is 0. The van der Waals surface area contributed by atoms with Crippen LogP contribution in [0.5, 0.6) is 0 Å². The van der Waals surface area contributed by atoms with Crippen LogP contribution in [0.15, 0.2) is 0 Å². The molecule has 0 amide bonds. The highest BCUT2D eigenvalue weighted by Crippen LogP contribution is 2.17. The smallest absolute Gasteiger partial charge is 0.00675 e. The molecule has 0 aliphatic carbocycles. The lowest BCUT2D eigenvalue weighted by Gasteiger charge is -2.05. The predicted molar refractivity (Wildman–Crippen MR) is 176 cm³/mol. The minimum absolute atomic E-state index is 1.37. The molecule has 0 aromatic carbocycles. The first-order valence-corrected chi connectivity index (χ1v) is 19.1. The summed E-state index contributed by atoms with van der Waals surface area (Å²) in [7, 11) is 0. The molecule has 224 valence electrons. The van der Waals surface area contributed by atoms with Gasteiger partial charge in [-0.1, -0.05) is 206 Å². The summed E-state index contributed by atoms with van der Waals surface area (Å²) < 4.78 is 0. The summed E-state index contributed by atoms with van der Waals surface area (Å²) in [5, 5.41) is 0. The first kappa shape index (κ1) is 37.4. The average molecular weight is 539 g/mol. The molecule has 0 rings (SSSR count). The van der Waals surface area contributed by atoms with Gasteiger partial charge >= 0.3 is 0 Å². The van der Waals surface area contributed by atoms with E-state index in [2.05, 4.69) is 25.6 Å². The molecule has 0 aromatic rings. The zero-order chi connectivity index (χ0) is 26.7. The Bertz CT molecular complexity index is 332. The maximum absolute atomic E-state index is 2.31. The number of hydrogen-bond acceptors (Lipinski definition) is 1. The Kier molecular flexibility index (Phi) is 36.7. The van der Waals surface area contributed by atoms with E-state index in [4.69, 9.17) is 0 Å². The Hall–Kier alpha value is 0.350. The van der Waals surface area contributed by atoms with Crippen molar-refractivity contribution in [1.82, 2.24) is 0 Å². The highest BCUT2D eigenvalue weighted by molar-refractivity contribution is 7.99. The molecule has 0 aliphatic rings. The lowest BCUT2D eigenvalue weighted by Crippen LogP contribution is -1.87. The van der Waals surface area contributed by atoms with Crippen LogP contribution in [-0.4, -0.2) is 11.5 Å². The maximum Gasteiger partial charge on any atom is -0.00675 e. The third-order valence-corrected chi connectivity index (χ3v) is 9.44. The maximum atomic E-state index is 2.31. The molecule has 0 spiro atoms. The molecule has 0 saturated heterocycles. The number of thioether (sulfide) groups is 1. The standard InChI is InChI=1S/C36H74S/c1-3-5-7-9-11-12-13-14-15-16-17-18-19-20-21-22-23-24-25-26-27-28-29-30-32-34-36-37-35-33-31-10-8-6-4-2/h3-36H2,1-2H3. The van der Waals surface area contributed by atoms with Crippen molar-refractivity contribution >= 4 is 11.8 Å². The molecule has 0 nitrogen and oxygen atoms in total. The van der Waals surface area contributed by atoms with Gasteiger partial charge in [-0.2, -0.15) is 11.8 Å². The normalized spacial score (nSPS) is 11.5. The highest BCUT2D eigenvalue weighted by Gasteiger charge is 1.97. The van der Waals surface area contributed by atoms with Crippen LogP contribution in [0.4, 0.5) is 0 Å².